The molecule has 144 valence electrons. The van der Waals surface area contributed by atoms with E-state index in [2.05, 4.69) is 64.6 Å². The number of hydrogen-bond donors (Lipinski definition) is 3. The molecule has 0 radical (unpaired) electrons. The summed E-state index contributed by atoms with van der Waals surface area (Å²) in [6.45, 7) is 8.23. The normalized spacial score (nSPS) is 12.0. The molecule has 0 aliphatic heterocycles. The molecule has 26 heavy (non-hydrogen) atoms. The maximum atomic E-state index is 9.21. The highest BCUT2D eigenvalue weighted by molar-refractivity contribution is 6.08. The van der Waals surface area contributed by atoms with Crippen LogP contribution < -0.4 is 10.6 Å². The van der Waals surface area contributed by atoms with Gasteiger partial charge in [0.25, 0.3) is 0 Å². The Bertz CT molecular complexity index is 817. The number of hydrogen-bond acceptors (Lipinski definition) is 3. The molecule has 0 spiro atoms. The first-order valence-corrected chi connectivity index (χ1v) is 8.80. The van der Waals surface area contributed by atoms with E-state index in [0.29, 0.717) is 6.54 Å². The summed E-state index contributed by atoms with van der Waals surface area (Å²) in [6.07, 6.45) is -0.289. The number of rotatable bonds is 8. The van der Waals surface area contributed by atoms with Gasteiger partial charge in [0.05, 0.1) is 6.10 Å². The number of halogens is 2. The van der Waals surface area contributed by atoms with E-state index < -0.39 is 0 Å². The Morgan fingerprint density at radius 3 is 2.38 bits per heavy atom. The second-order valence-corrected chi connectivity index (χ2v) is 6.34. The summed E-state index contributed by atoms with van der Waals surface area (Å²) in [5.74, 6) is 0. The van der Waals surface area contributed by atoms with E-state index in [4.69, 9.17) is 0 Å². The third kappa shape index (κ3) is 5.12. The van der Waals surface area contributed by atoms with Gasteiger partial charge in [0.15, 0.2) is 0 Å². The summed E-state index contributed by atoms with van der Waals surface area (Å²) >= 11 is 0. The van der Waals surface area contributed by atoms with E-state index in [-0.39, 0.29) is 30.9 Å². The third-order valence-electron chi connectivity index (χ3n) is 4.40. The Kier molecular flexibility index (Phi) is 9.41. The molecule has 1 atom stereocenters. The fraction of sp³-hybridized carbons (Fsp3) is 0.400. The topological polar surface area (TPSA) is 49.2 Å². The van der Waals surface area contributed by atoms with Crippen LogP contribution in [0.4, 0.5) is 0 Å². The molecule has 4 nitrogen and oxygen atoms in total. The molecule has 1 heterocycles. The molecule has 0 saturated heterocycles. The van der Waals surface area contributed by atoms with Crippen LogP contribution in [0.15, 0.2) is 42.5 Å². The number of nitrogens with zero attached hydrogens (tertiary/aromatic N) is 1. The first-order chi connectivity index (χ1) is 11.7. The van der Waals surface area contributed by atoms with Gasteiger partial charge in [-0.1, -0.05) is 24.3 Å². The van der Waals surface area contributed by atoms with E-state index in [9.17, 15) is 5.11 Å². The van der Waals surface area contributed by atoms with Gasteiger partial charge in [0.2, 0.25) is 0 Å². The molecule has 3 aromatic rings. The van der Waals surface area contributed by atoms with E-state index >= 15 is 0 Å². The number of aromatic nitrogens is 1. The minimum absolute atomic E-state index is 0. The van der Waals surface area contributed by atoms with Gasteiger partial charge in [0.1, 0.15) is 0 Å². The zero-order chi connectivity index (χ0) is 16.9. The summed E-state index contributed by atoms with van der Waals surface area (Å²) < 4.78 is 2.38. The molecule has 0 aliphatic rings. The second kappa shape index (κ2) is 10.8. The van der Waals surface area contributed by atoms with Crippen molar-refractivity contribution >= 4 is 46.6 Å². The Labute approximate surface area is 167 Å². The van der Waals surface area contributed by atoms with Gasteiger partial charge in [0, 0.05) is 54.5 Å². The minimum Gasteiger partial charge on any atom is -0.392 e. The van der Waals surface area contributed by atoms with Gasteiger partial charge in [-0.3, -0.25) is 0 Å². The predicted octanol–water partition coefficient (Wildman–Crippen LogP) is 3.72. The number of aliphatic hydroxyl groups excluding tert-OH is 1. The summed E-state index contributed by atoms with van der Waals surface area (Å²) in [7, 11) is 0. The predicted molar refractivity (Wildman–Crippen MR) is 116 cm³/mol. The van der Waals surface area contributed by atoms with Crippen LogP contribution in [0, 0.1) is 0 Å². The van der Waals surface area contributed by atoms with Crippen molar-refractivity contribution in [3.63, 3.8) is 0 Å². The molecule has 1 aromatic heterocycles. The molecule has 0 amide bonds. The van der Waals surface area contributed by atoms with Crippen LogP contribution >= 0.6 is 24.8 Å². The Morgan fingerprint density at radius 1 is 0.962 bits per heavy atom. The lowest BCUT2D eigenvalue weighted by atomic mass is 10.1. The van der Waals surface area contributed by atoms with E-state index in [1.54, 1.807) is 6.92 Å². The third-order valence-corrected chi connectivity index (χ3v) is 4.40. The summed E-state index contributed by atoms with van der Waals surface area (Å²) in [4.78, 5) is 0. The molecule has 0 aliphatic carbocycles. The molecule has 1 unspecified atom stereocenters. The molecule has 3 N–H and O–H groups in total. The SMILES string of the molecule is CCn1c2ccccc2c2cc(CNCCNCC(C)O)ccc21.Cl.Cl. The van der Waals surface area contributed by atoms with Crippen molar-refractivity contribution in [3.8, 4) is 0 Å². The van der Waals surface area contributed by atoms with Crippen LogP contribution in [0.1, 0.15) is 19.4 Å². The molecule has 0 saturated carbocycles. The Morgan fingerprint density at radius 2 is 1.65 bits per heavy atom. The average Bonchev–Trinajstić information content (AvgIpc) is 2.91. The van der Waals surface area contributed by atoms with Crippen LogP contribution in [0.3, 0.4) is 0 Å². The molecule has 2 aromatic carbocycles. The highest BCUT2D eigenvalue weighted by Crippen LogP contribution is 2.29. The van der Waals surface area contributed by atoms with E-state index in [1.165, 1.54) is 27.4 Å². The number of nitrogens with one attached hydrogen (secondary N) is 2. The lowest BCUT2D eigenvalue weighted by molar-refractivity contribution is 0.191. The number of benzene rings is 2. The summed E-state index contributed by atoms with van der Waals surface area (Å²) in [6, 6.07) is 15.4. The van der Waals surface area contributed by atoms with Gasteiger partial charge in [-0.25, -0.2) is 0 Å². The lowest BCUT2D eigenvalue weighted by Gasteiger charge is -2.08. The molecule has 6 heteroatoms. The molecule has 0 fully saturated rings. The van der Waals surface area contributed by atoms with Crippen LogP contribution in [0.2, 0.25) is 0 Å². The van der Waals surface area contributed by atoms with Crippen molar-refractivity contribution in [2.75, 3.05) is 19.6 Å². The molecule has 0 bridgehead atoms. The van der Waals surface area contributed by atoms with Crippen molar-refractivity contribution in [1.29, 1.82) is 0 Å². The fourth-order valence-electron chi connectivity index (χ4n) is 3.27. The molecular formula is C20H29Cl2N3O. The van der Waals surface area contributed by atoms with Crippen molar-refractivity contribution in [1.82, 2.24) is 15.2 Å². The zero-order valence-electron chi connectivity index (χ0n) is 15.4. The van der Waals surface area contributed by atoms with Crippen LogP contribution in [0.25, 0.3) is 21.8 Å². The van der Waals surface area contributed by atoms with Crippen molar-refractivity contribution < 1.29 is 5.11 Å². The number of aliphatic hydroxyl groups is 1. The number of aryl methyl sites for hydroxylation is 1. The standard InChI is InChI=1S/C20H27N3O.2ClH/c1-3-23-19-7-5-4-6-17(19)18-12-16(8-9-20(18)23)14-22-11-10-21-13-15(2)24;;/h4-9,12,15,21-22,24H,3,10-11,13-14H2,1-2H3;2*1H. The first kappa shape index (κ1) is 22.7. The van der Waals surface area contributed by atoms with Gasteiger partial charge in [-0.2, -0.15) is 0 Å². The minimum atomic E-state index is -0.289. The largest absolute Gasteiger partial charge is 0.392 e. The maximum Gasteiger partial charge on any atom is 0.0636 e. The van der Waals surface area contributed by atoms with Crippen molar-refractivity contribution in [2.24, 2.45) is 0 Å². The first-order valence-electron chi connectivity index (χ1n) is 8.80. The highest BCUT2D eigenvalue weighted by Gasteiger charge is 2.09. The number of fused-ring (bicyclic) bond motifs is 3. The van der Waals surface area contributed by atoms with Gasteiger partial charge in [-0.15, -0.1) is 24.8 Å². The Balaban J connectivity index is 0.00000169. The fourth-order valence-corrected chi connectivity index (χ4v) is 3.27. The number of para-hydroxylation sites is 1. The molecule has 3 rings (SSSR count). The van der Waals surface area contributed by atoms with Gasteiger partial charge < -0.3 is 20.3 Å². The van der Waals surface area contributed by atoms with Crippen LogP contribution in [-0.2, 0) is 13.1 Å². The maximum absolute atomic E-state index is 9.21. The van der Waals surface area contributed by atoms with Crippen molar-refractivity contribution in [3.05, 3.63) is 48.0 Å². The Hall–Kier alpha value is -1.30. The zero-order valence-corrected chi connectivity index (χ0v) is 17.0. The monoisotopic (exact) mass is 397 g/mol. The highest BCUT2D eigenvalue weighted by atomic mass is 35.5. The van der Waals surface area contributed by atoms with E-state index in [1.807, 2.05) is 0 Å². The van der Waals surface area contributed by atoms with E-state index in [0.717, 1.165) is 26.2 Å². The van der Waals surface area contributed by atoms with Gasteiger partial charge >= 0.3 is 0 Å². The smallest absolute Gasteiger partial charge is 0.0636 e. The average molecular weight is 398 g/mol. The van der Waals surface area contributed by atoms with Crippen molar-refractivity contribution in [2.45, 2.75) is 33.0 Å². The molecular weight excluding hydrogens is 369 g/mol. The lowest BCUT2D eigenvalue weighted by Crippen LogP contribution is -2.31. The summed E-state index contributed by atoms with van der Waals surface area (Å²) in [5, 5.41) is 18.6. The van der Waals surface area contributed by atoms with Gasteiger partial charge in [-0.05, 0) is 37.6 Å². The quantitative estimate of drug-likeness (QED) is 0.507. The van der Waals surface area contributed by atoms with Crippen LogP contribution in [-0.4, -0.2) is 35.4 Å². The summed E-state index contributed by atoms with van der Waals surface area (Å²) in [5.41, 5.74) is 3.92. The second-order valence-electron chi connectivity index (χ2n) is 6.34. The van der Waals surface area contributed by atoms with Crippen LogP contribution in [0.5, 0.6) is 0 Å².